The smallest absolute Gasteiger partial charge is 0.227 e. The molecule has 1 unspecified atom stereocenters. The first kappa shape index (κ1) is 19.5. The van der Waals surface area contributed by atoms with Gasteiger partial charge in [0.15, 0.2) is 15.7 Å². The Labute approximate surface area is 159 Å². The molecule has 0 N–H and O–H groups in total. The number of rotatable bonds is 6. The van der Waals surface area contributed by atoms with E-state index < -0.39 is 9.84 Å². The summed E-state index contributed by atoms with van der Waals surface area (Å²) in [6.45, 7) is 4.76. The Balaban J connectivity index is 1.58. The Bertz CT molecular complexity index is 890. The Morgan fingerprint density at radius 2 is 2.00 bits per heavy atom. The molecule has 0 bridgehead atoms. The summed E-state index contributed by atoms with van der Waals surface area (Å²) in [5, 5.41) is 3.76. The number of amides is 1. The van der Waals surface area contributed by atoms with E-state index in [1.807, 2.05) is 11.8 Å². The number of aryl methyl sites for hydroxylation is 2. The summed E-state index contributed by atoms with van der Waals surface area (Å²) in [7, 11) is -3.53. The minimum atomic E-state index is -3.53. The van der Waals surface area contributed by atoms with Gasteiger partial charge in [0.1, 0.15) is 5.75 Å². The molecule has 8 heteroatoms. The van der Waals surface area contributed by atoms with E-state index in [4.69, 9.17) is 4.52 Å². The largest absolute Gasteiger partial charge is 0.340 e. The third-order valence-electron chi connectivity index (χ3n) is 4.89. The molecule has 0 spiro atoms. The number of carbonyl (C=O) groups is 1. The third kappa shape index (κ3) is 4.94. The van der Waals surface area contributed by atoms with Crippen LogP contribution in [0, 0.1) is 6.92 Å². The van der Waals surface area contributed by atoms with Crippen molar-refractivity contribution in [3.8, 4) is 0 Å². The number of hydrogen-bond acceptors (Lipinski definition) is 6. The lowest BCUT2D eigenvalue weighted by atomic mass is 10.0. The molecule has 1 aromatic heterocycles. The van der Waals surface area contributed by atoms with Crippen LogP contribution in [0.2, 0.25) is 0 Å². The third-order valence-corrected chi connectivity index (χ3v) is 6.51. The van der Waals surface area contributed by atoms with Crippen LogP contribution in [0.4, 0.5) is 0 Å². The standard InChI is InChI=1S/C19H25N3O4S/c1-14-6-8-16(9-7-14)27(24,25)13-17-20-18(26-21-17)10-11-19(23)22-12-4-3-5-15(22)2/h6-9,15H,3-5,10-13H2,1-2H3. The predicted molar refractivity (Wildman–Crippen MR) is 99.7 cm³/mol. The summed E-state index contributed by atoms with van der Waals surface area (Å²) in [6, 6.07) is 6.92. The molecule has 2 heterocycles. The van der Waals surface area contributed by atoms with Gasteiger partial charge < -0.3 is 9.42 Å². The summed E-state index contributed by atoms with van der Waals surface area (Å²) < 4.78 is 30.0. The van der Waals surface area contributed by atoms with Gasteiger partial charge in [-0.25, -0.2) is 8.42 Å². The number of hydrogen-bond donors (Lipinski definition) is 0. The van der Waals surface area contributed by atoms with Crippen molar-refractivity contribution < 1.29 is 17.7 Å². The molecular weight excluding hydrogens is 366 g/mol. The normalized spacial score (nSPS) is 17.9. The van der Waals surface area contributed by atoms with Gasteiger partial charge >= 0.3 is 0 Å². The van der Waals surface area contributed by atoms with Crippen molar-refractivity contribution in [2.75, 3.05) is 6.54 Å². The van der Waals surface area contributed by atoms with Crippen molar-refractivity contribution in [2.24, 2.45) is 0 Å². The molecule has 1 fully saturated rings. The fourth-order valence-corrected chi connectivity index (χ4v) is 4.45. The highest BCUT2D eigenvalue weighted by Gasteiger charge is 2.24. The summed E-state index contributed by atoms with van der Waals surface area (Å²) in [6.07, 6.45) is 3.84. The highest BCUT2D eigenvalue weighted by Crippen LogP contribution is 2.19. The zero-order valence-electron chi connectivity index (χ0n) is 15.7. The Morgan fingerprint density at radius 3 is 2.70 bits per heavy atom. The van der Waals surface area contributed by atoms with E-state index in [0.717, 1.165) is 31.4 Å². The lowest BCUT2D eigenvalue weighted by Crippen LogP contribution is -2.42. The second kappa shape index (κ2) is 8.21. The summed E-state index contributed by atoms with van der Waals surface area (Å²) in [5.74, 6) is 0.164. The maximum absolute atomic E-state index is 12.4. The van der Waals surface area contributed by atoms with E-state index in [2.05, 4.69) is 17.1 Å². The Hall–Kier alpha value is -2.22. The molecule has 3 rings (SSSR count). The first-order valence-corrected chi connectivity index (χ1v) is 10.9. The van der Waals surface area contributed by atoms with E-state index >= 15 is 0 Å². The highest BCUT2D eigenvalue weighted by atomic mass is 32.2. The van der Waals surface area contributed by atoms with Crippen LogP contribution < -0.4 is 0 Å². The SMILES string of the molecule is Cc1ccc(S(=O)(=O)Cc2noc(CCC(=O)N3CCCCC3C)n2)cc1. The molecule has 1 aliphatic heterocycles. The van der Waals surface area contributed by atoms with Crippen LogP contribution in [0.1, 0.15) is 49.9 Å². The average Bonchev–Trinajstić information content (AvgIpc) is 3.07. The molecule has 7 nitrogen and oxygen atoms in total. The predicted octanol–water partition coefficient (Wildman–Crippen LogP) is 2.69. The van der Waals surface area contributed by atoms with Crippen LogP contribution in [-0.4, -0.2) is 42.0 Å². The number of carbonyl (C=O) groups excluding carboxylic acids is 1. The van der Waals surface area contributed by atoms with Gasteiger partial charge in [0, 0.05) is 25.4 Å². The van der Waals surface area contributed by atoms with Gasteiger partial charge in [0.2, 0.25) is 11.8 Å². The van der Waals surface area contributed by atoms with Crippen molar-refractivity contribution in [3.05, 3.63) is 41.5 Å². The first-order valence-electron chi connectivity index (χ1n) is 9.25. The minimum Gasteiger partial charge on any atom is -0.340 e. The number of aromatic nitrogens is 2. The minimum absolute atomic E-state index is 0.0780. The van der Waals surface area contributed by atoms with Gasteiger partial charge in [-0.1, -0.05) is 22.9 Å². The van der Waals surface area contributed by atoms with E-state index in [0.29, 0.717) is 12.3 Å². The van der Waals surface area contributed by atoms with Gasteiger partial charge in [0.05, 0.1) is 4.90 Å². The van der Waals surface area contributed by atoms with E-state index in [-0.39, 0.29) is 34.8 Å². The van der Waals surface area contributed by atoms with Crippen LogP contribution in [0.15, 0.2) is 33.7 Å². The molecule has 1 amide bonds. The van der Waals surface area contributed by atoms with Gasteiger partial charge in [-0.2, -0.15) is 4.98 Å². The van der Waals surface area contributed by atoms with Gasteiger partial charge in [-0.05, 0) is 45.2 Å². The molecule has 1 aliphatic rings. The number of sulfone groups is 1. The zero-order valence-corrected chi connectivity index (χ0v) is 16.5. The molecule has 0 radical (unpaired) electrons. The molecule has 1 aromatic carbocycles. The van der Waals surface area contributed by atoms with E-state index in [1.165, 1.54) is 0 Å². The Morgan fingerprint density at radius 1 is 1.26 bits per heavy atom. The van der Waals surface area contributed by atoms with Gasteiger partial charge in [0.25, 0.3) is 0 Å². The first-order chi connectivity index (χ1) is 12.8. The molecule has 27 heavy (non-hydrogen) atoms. The van der Waals surface area contributed by atoms with Crippen molar-refractivity contribution in [2.45, 2.75) is 62.6 Å². The fraction of sp³-hybridized carbons (Fsp3) is 0.526. The quantitative estimate of drug-likeness (QED) is 0.751. The fourth-order valence-electron chi connectivity index (χ4n) is 3.28. The van der Waals surface area contributed by atoms with Crippen molar-refractivity contribution >= 4 is 15.7 Å². The number of likely N-dealkylation sites (tertiary alicyclic amines) is 1. The van der Waals surface area contributed by atoms with Crippen LogP contribution in [0.3, 0.4) is 0 Å². The molecule has 0 aliphatic carbocycles. The number of piperidine rings is 1. The monoisotopic (exact) mass is 391 g/mol. The number of benzene rings is 1. The summed E-state index contributed by atoms with van der Waals surface area (Å²) in [5.41, 5.74) is 0.989. The second-order valence-corrected chi connectivity index (χ2v) is 9.10. The van der Waals surface area contributed by atoms with Crippen LogP contribution in [0.25, 0.3) is 0 Å². The zero-order chi connectivity index (χ0) is 19.4. The second-order valence-electron chi connectivity index (χ2n) is 7.11. The van der Waals surface area contributed by atoms with E-state index in [9.17, 15) is 13.2 Å². The lowest BCUT2D eigenvalue weighted by Gasteiger charge is -2.33. The van der Waals surface area contributed by atoms with Gasteiger partial charge in [-0.3, -0.25) is 4.79 Å². The lowest BCUT2D eigenvalue weighted by molar-refractivity contribution is -0.134. The molecule has 1 saturated heterocycles. The molecule has 146 valence electrons. The van der Waals surface area contributed by atoms with E-state index in [1.54, 1.807) is 24.3 Å². The Kier molecular flexibility index (Phi) is 5.94. The van der Waals surface area contributed by atoms with Crippen LogP contribution in [-0.2, 0) is 26.8 Å². The highest BCUT2D eigenvalue weighted by molar-refractivity contribution is 7.90. The maximum atomic E-state index is 12.4. The van der Waals surface area contributed by atoms with Crippen LogP contribution >= 0.6 is 0 Å². The van der Waals surface area contributed by atoms with Crippen molar-refractivity contribution in [1.82, 2.24) is 15.0 Å². The van der Waals surface area contributed by atoms with Gasteiger partial charge in [-0.15, -0.1) is 0 Å². The van der Waals surface area contributed by atoms with Crippen molar-refractivity contribution in [1.29, 1.82) is 0 Å². The molecular formula is C19H25N3O4S. The summed E-state index contributed by atoms with van der Waals surface area (Å²) >= 11 is 0. The maximum Gasteiger partial charge on any atom is 0.227 e. The molecule has 1 atom stereocenters. The molecule has 2 aromatic rings. The van der Waals surface area contributed by atoms with Crippen molar-refractivity contribution in [3.63, 3.8) is 0 Å². The number of nitrogens with zero attached hydrogens (tertiary/aromatic N) is 3. The molecule has 0 saturated carbocycles. The topological polar surface area (TPSA) is 93.4 Å². The van der Waals surface area contributed by atoms with Crippen LogP contribution in [0.5, 0.6) is 0 Å². The average molecular weight is 391 g/mol. The summed E-state index contributed by atoms with van der Waals surface area (Å²) in [4.78, 5) is 18.7.